The Kier molecular flexibility index (Phi) is 9.49. The van der Waals surface area contributed by atoms with Crippen molar-refractivity contribution >= 4 is 41.2 Å². The van der Waals surface area contributed by atoms with E-state index >= 15 is 0 Å². The molecule has 0 amide bonds. The third-order valence-corrected chi connectivity index (χ3v) is 21.1. The Morgan fingerprint density at radius 2 is 0.595 bits per heavy atom. The van der Waals surface area contributed by atoms with Crippen molar-refractivity contribution in [2.45, 2.75) is 55.9 Å². The van der Waals surface area contributed by atoms with Crippen molar-refractivity contribution in [1.82, 2.24) is 0 Å². The average Bonchev–Trinajstić information content (AvgIpc) is 2.94. The van der Waals surface area contributed by atoms with Gasteiger partial charge in [-0.05, 0) is 15.6 Å². The minimum Gasteiger partial charge on any atom is -0.409 e. The van der Waals surface area contributed by atoms with E-state index in [2.05, 4.69) is 0 Å². The maximum absolute atomic E-state index is 13.7. The lowest BCUT2D eigenvalue weighted by Gasteiger charge is -2.54. The molecule has 3 aromatic rings. The van der Waals surface area contributed by atoms with E-state index in [-0.39, 0.29) is 15.6 Å². The Morgan fingerprint density at radius 1 is 0.381 bits per heavy atom. The van der Waals surface area contributed by atoms with Gasteiger partial charge in [0.05, 0.1) is 0 Å². The predicted octanol–water partition coefficient (Wildman–Crippen LogP) is 6.96. The first-order chi connectivity index (χ1) is 19.6. The maximum atomic E-state index is 13.7. The van der Waals surface area contributed by atoms with Crippen LogP contribution in [0.15, 0.2) is 91.0 Å². The van der Waals surface area contributed by atoms with Crippen molar-refractivity contribution in [2.75, 3.05) is 0 Å². The first-order valence-electron chi connectivity index (χ1n) is 13.0. The summed E-state index contributed by atoms with van der Waals surface area (Å²) in [6.07, 6.45) is -18.3. The van der Waals surface area contributed by atoms with E-state index in [9.17, 15) is 39.5 Å². The molecular formula is C27H27F9O3Si3. The first-order valence-corrected chi connectivity index (χ1v) is 19.1. The van der Waals surface area contributed by atoms with Crippen molar-refractivity contribution < 1.29 is 51.9 Å². The molecule has 1 fully saturated rings. The topological polar surface area (TPSA) is 27.7 Å². The van der Waals surface area contributed by atoms with Crippen molar-refractivity contribution in [1.29, 1.82) is 0 Å². The molecule has 0 bridgehead atoms. The van der Waals surface area contributed by atoms with Gasteiger partial charge in [-0.15, -0.1) is 0 Å². The normalized spacial score (nSPS) is 25.4. The van der Waals surface area contributed by atoms with Gasteiger partial charge >= 0.3 is 44.2 Å². The molecule has 0 aromatic heterocycles. The highest BCUT2D eigenvalue weighted by Gasteiger charge is 2.65. The quantitative estimate of drug-likeness (QED) is 0.185. The van der Waals surface area contributed by atoms with Crippen LogP contribution in [0, 0.1) is 0 Å². The molecule has 0 spiro atoms. The molecule has 0 aliphatic carbocycles. The highest BCUT2D eigenvalue weighted by molar-refractivity contribution is 7.06. The van der Waals surface area contributed by atoms with Gasteiger partial charge in [-0.25, -0.2) is 0 Å². The molecule has 4 rings (SSSR count). The minimum absolute atomic E-state index is 0.178. The third-order valence-electron chi connectivity index (χ3n) is 6.84. The summed E-state index contributed by atoms with van der Waals surface area (Å²) in [4.78, 5) is 0. The second kappa shape index (κ2) is 12.3. The fraction of sp³-hybridized carbons (Fsp3) is 0.333. The third kappa shape index (κ3) is 8.13. The van der Waals surface area contributed by atoms with Crippen LogP contribution in [-0.2, 0) is 12.3 Å². The minimum atomic E-state index is -4.70. The van der Waals surface area contributed by atoms with E-state index < -0.39 is 81.6 Å². The Balaban J connectivity index is 2.03. The lowest BCUT2D eigenvalue weighted by Crippen LogP contribution is -2.80. The molecule has 15 heteroatoms. The molecule has 0 atom stereocenters. The molecule has 3 aromatic carbocycles. The van der Waals surface area contributed by atoms with Gasteiger partial charge in [-0.3, -0.25) is 0 Å². The molecular weight excluding hydrogens is 628 g/mol. The second-order valence-electron chi connectivity index (χ2n) is 10.0. The highest BCUT2D eigenvalue weighted by atomic mass is 28.5. The molecule has 1 saturated heterocycles. The van der Waals surface area contributed by atoms with Gasteiger partial charge in [0.25, 0.3) is 0 Å². The van der Waals surface area contributed by atoms with Crippen LogP contribution >= 0.6 is 0 Å². The van der Waals surface area contributed by atoms with Crippen LogP contribution in [-0.4, -0.2) is 44.2 Å². The summed E-state index contributed by atoms with van der Waals surface area (Å²) in [5.74, 6) is 0. The molecule has 0 N–H and O–H groups in total. The van der Waals surface area contributed by atoms with E-state index in [4.69, 9.17) is 12.3 Å². The SMILES string of the molecule is FC(F)(F)CC[Si]1(c2ccccc2)O[Si](CCC(F)(F)F)(c2ccccc2)O[Si](CCC(F)(F)F)(c2ccccc2)O1. The monoisotopic (exact) mass is 654 g/mol. The number of hydrogen-bond donors (Lipinski definition) is 0. The Bertz CT molecular complexity index is 1120. The van der Waals surface area contributed by atoms with Crippen LogP contribution in [0.3, 0.4) is 0 Å². The van der Waals surface area contributed by atoms with Crippen LogP contribution in [0.5, 0.6) is 0 Å². The van der Waals surface area contributed by atoms with Crippen LogP contribution in [0.4, 0.5) is 39.5 Å². The number of rotatable bonds is 9. The van der Waals surface area contributed by atoms with Gasteiger partial charge in [-0.1, -0.05) is 91.0 Å². The summed E-state index contributed by atoms with van der Waals surface area (Å²) in [5.41, 5.74) is 0. The van der Waals surface area contributed by atoms with Gasteiger partial charge in [0, 0.05) is 37.4 Å². The van der Waals surface area contributed by atoms with Crippen LogP contribution in [0.1, 0.15) is 19.3 Å². The van der Waals surface area contributed by atoms with Crippen molar-refractivity contribution in [2.24, 2.45) is 0 Å². The van der Waals surface area contributed by atoms with Gasteiger partial charge in [0.15, 0.2) is 0 Å². The van der Waals surface area contributed by atoms with E-state index in [0.717, 1.165) is 0 Å². The zero-order valence-electron chi connectivity index (χ0n) is 22.0. The van der Waals surface area contributed by atoms with E-state index in [1.54, 1.807) is 18.2 Å². The number of halogens is 9. The second-order valence-corrected chi connectivity index (χ2v) is 20.2. The average molecular weight is 655 g/mol. The highest BCUT2D eigenvalue weighted by Crippen LogP contribution is 2.42. The van der Waals surface area contributed by atoms with Gasteiger partial charge in [0.1, 0.15) is 0 Å². The van der Waals surface area contributed by atoms with E-state index in [0.29, 0.717) is 0 Å². The van der Waals surface area contributed by atoms with Crippen LogP contribution in [0.2, 0.25) is 18.1 Å². The summed E-state index contributed by atoms with van der Waals surface area (Å²) in [6, 6.07) is 20.3. The summed E-state index contributed by atoms with van der Waals surface area (Å²) >= 11 is 0. The largest absolute Gasteiger partial charge is 0.409 e. The Hall–Kier alpha value is -2.44. The first kappa shape index (κ1) is 32.5. The Morgan fingerprint density at radius 3 is 0.786 bits per heavy atom. The number of benzene rings is 3. The molecule has 0 saturated carbocycles. The van der Waals surface area contributed by atoms with Gasteiger partial charge in [0.2, 0.25) is 0 Å². The zero-order valence-corrected chi connectivity index (χ0v) is 25.0. The number of alkyl halides is 9. The number of hydrogen-bond acceptors (Lipinski definition) is 3. The molecule has 3 nitrogen and oxygen atoms in total. The van der Waals surface area contributed by atoms with Gasteiger partial charge < -0.3 is 12.3 Å². The molecule has 1 aliphatic heterocycles. The van der Waals surface area contributed by atoms with E-state index in [1.807, 2.05) is 0 Å². The van der Waals surface area contributed by atoms with Crippen LogP contribution in [0.25, 0.3) is 0 Å². The smallest absolute Gasteiger partial charge is 0.389 e. The summed E-state index contributed by atoms with van der Waals surface area (Å²) < 4.78 is 143. The lowest BCUT2D eigenvalue weighted by atomic mass is 10.4. The maximum Gasteiger partial charge on any atom is 0.389 e. The van der Waals surface area contributed by atoms with Gasteiger partial charge in [-0.2, -0.15) is 39.5 Å². The molecule has 0 unspecified atom stereocenters. The molecule has 1 heterocycles. The fourth-order valence-corrected chi connectivity index (χ4v) is 23.0. The molecule has 42 heavy (non-hydrogen) atoms. The Labute approximate surface area is 240 Å². The standard InChI is InChI=1S/C27H27F9O3Si3/c28-25(29,30)16-19-40(22-10-4-1-5-11-22)37-41(20-17-26(31,32)33,23-12-6-2-7-13-23)39-42(38-40,21-18-27(34,35)36)24-14-8-3-9-15-24/h1-15H,16-21H2. The fourth-order valence-electron chi connectivity index (χ4n) is 4.95. The summed E-state index contributed by atoms with van der Waals surface area (Å²) in [7, 11) is -13.4. The van der Waals surface area contributed by atoms with E-state index in [1.165, 1.54) is 72.8 Å². The van der Waals surface area contributed by atoms with Crippen molar-refractivity contribution in [3.05, 3.63) is 91.0 Å². The summed E-state index contributed by atoms with van der Waals surface area (Å²) in [5, 5.41) is 0.534. The molecule has 1 aliphatic rings. The lowest BCUT2D eigenvalue weighted by molar-refractivity contribution is -0.131. The molecule has 0 radical (unpaired) electrons. The predicted molar refractivity (Wildman–Crippen MR) is 145 cm³/mol. The summed E-state index contributed by atoms with van der Waals surface area (Å²) in [6.45, 7) is 0. The van der Waals surface area contributed by atoms with Crippen molar-refractivity contribution in [3.63, 3.8) is 0 Å². The van der Waals surface area contributed by atoms with Crippen LogP contribution < -0.4 is 15.6 Å². The zero-order chi connectivity index (χ0) is 30.7. The van der Waals surface area contributed by atoms with Crippen molar-refractivity contribution in [3.8, 4) is 0 Å². The molecule has 228 valence electrons.